The predicted molar refractivity (Wildman–Crippen MR) is 73.1 cm³/mol. The molecule has 0 fully saturated rings. The molecule has 19 heavy (non-hydrogen) atoms. The van der Waals surface area contributed by atoms with Crippen molar-refractivity contribution in [2.24, 2.45) is 0 Å². The quantitative estimate of drug-likeness (QED) is 0.387. The molecule has 102 valence electrons. The zero-order valence-corrected chi connectivity index (χ0v) is 11.4. The first kappa shape index (κ1) is 14.8. The lowest BCUT2D eigenvalue weighted by Crippen LogP contribution is -2.11. The van der Waals surface area contributed by atoms with E-state index in [1.807, 2.05) is 19.0 Å². The lowest BCUT2D eigenvalue weighted by molar-refractivity contribution is -0.137. The number of methoxy groups -OCH3 is 1. The number of phenolic OH excluding ortho intramolecular Hbond substituents is 1. The van der Waals surface area contributed by atoms with Crippen molar-refractivity contribution in [1.82, 2.24) is 0 Å². The van der Waals surface area contributed by atoms with Gasteiger partial charge in [-0.15, -0.1) is 0 Å². The summed E-state index contributed by atoms with van der Waals surface area (Å²) in [7, 11) is 4.90. The van der Waals surface area contributed by atoms with E-state index in [0.717, 1.165) is 5.69 Å². The normalized spacial score (nSPS) is 11.1. The van der Waals surface area contributed by atoms with Crippen LogP contribution in [0.4, 0.5) is 5.69 Å². The molecule has 0 saturated carbocycles. The second kappa shape index (κ2) is 6.04. The van der Waals surface area contributed by atoms with E-state index in [0.29, 0.717) is 5.56 Å². The molecule has 1 N–H and O–H groups in total. The third kappa shape index (κ3) is 3.58. The van der Waals surface area contributed by atoms with E-state index < -0.39 is 11.8 Å². The average molecular weight is 263 g/mol. The molecule has 1 aromatic carbocycles. The van der Waals surface area contributed by atoms with Gasteiger partial charge in [0.1, 0.15) is 11.3 Å². The van der Waals surface area contributed by atoms with Gasteiger partial charge in [0.05, 0.1) is 7.11 Å². The minimum absolute atomic E-state index is 0.00569. The van der Waals surface area contributed by atoms with Crippen LogP contribution in [0.25, 0.3) is 6.08 Å². The largest absolute Gasteiger partial charge is 0.507 e. The Labute approximate surface area is 112 Å². The maximum Gasteiger partial charge on any atom is 0.341 e. The third-order valence-electron chi connectivity index (χ3n) is 2.61. The van der Waals surface area contributed by atoms with Gasteiger partial charge in [-0.05, 0) is 25.1 Å². The summed E-state index contributed by atoms with van der Waals surface area (Å²) in [5.41, 5.74) is 1.11. The van der Waals surface area contributed by atoms with Crippen LogP contribution in [0.5, 0.6) is 5.75 Å². The SMILES string of the molecule is COC(=O)/C(=C/c1ccc(N(C)C)cc1O)C(C)=O. The zero-order chi connectivity index (χ0) is 14.6. The number of phenols is 1. The Hall–Kier alpha value is -2.30. The van der Waals surface area contributed by atoms with Crippen molar-refractivity contribution in [2.45, 2.75) is 6.92 Å². The van der Waals surface area contributed by atoms with Crippen LogP contribution in [0.15, 0.2) is 23.8 Å². The molecule has 0 aliphatic carbocycles. The van der Waals surface area contributed by atoms with Gasteiger partial charge in [-0.2, -0.15) is 0 Å². The van der Waals surface area contributed by atoms with Crippen LogP contribution in [0.1, 0.15) is 12.5 Å². The fourth-order valence-corrected chi connectivity index (χ4v) is 1.50. The van der Waals surface area contributed by atoms with Crippen LogP contribution in [-0.4, -0.2) is 38.1 Å². The fraction of sp³-hybridized carbons (Fsp3) is 0.286. The first-order valence-corrected chi connectivity index (χ1v) is 5.68. The molecule has 0 heterocycles. The maximum absolute atomic E-state index is 11.4. The molecule has 0 spiro atoms. The number of rotatable bonds is 4. The molecule has 0 unspecified atom stereocenters. The second-order valence-corrected chi connectivity index (χ2v) is 4.24. The van der Waals surface area contributed by atoms with Gasteiger partial charge in [0, 0.05) is 31.4 Å². The summed E-state index contributed by atoms with van der Waals surface area (Å²) < 4.78 is 4.53. The number of hydrogen-bond acceptors (Lipinski definition) is 5. The Kier molecular flexibility index (Phi) is 4.69. The van der Waals surface area contributed by atoms with Crippen molar-refractivity contribution < 1.29 is 19.4 Å². The Morgan fingerprint density at radius 1 is 1.32 bits per heavy atom. The summed E-state index contributed by atoms with van der Waals surface area (Å²) in [6.45, 7) is 1.27. The van der Waals surface area contributed by atoms with Crippen molar-refractivity contribution in [2.75, 3.05) is 26.1 Å². The van der Waals surface area contributed by atoms with Gasteiger partial charge in [-0.3, -0.25) is 4.79 Å². The van der Waals surface area contributed by atoms with Gasteiger partial charge in [0.25, 0.3) is 0 Å². The summed E-state index contributed by atoms with van der Waals surface area (Å²) in [5, 5.41) is 9.89. The number of ketones is 1. The predicted octanol–water partition coefficient (Wildman–Crippen LogP) is 1.60. The first-order valence-electron chi connectivity index (χ1n) is 5.68. The van der Waals surface area contributed by atoms with Gasteiger partial charge in [-0.25, -0.2) is 4.79 Å². The lowest BCUT2D eigenvalue weighted by atomic mass is 10.1. The number of hydrogen-bond donors (Lipinski definition) is 1. The number of Topliss-reactive ketones (excluding diaryl/α,β-unsaturated/α-hetero) is 1. The summed E-state index contributed by atoms with van der Waals surface area (Å²) in [6, 6.07) is 4.97. The Morgan fingerprint density at radius 3 is 2.37 bits per heavy atom. The number of ether oxygens (including phenoxy) is 1. The van der Waals surface area contributed by atoms with E-state index in [4.69, 9.17) is 0 Å². The molecule has 0 atom stereocenters. The van der Waals surface area contributed by atoms with Crippen LogP contribution >= 0.6 is 0 Å². The monoisotopic (exact) mass is 263 g/mol. The van der Waals surface area contributed by atoms with Gasteiger partial charge in [0.2, 0.25) is 0 Å². The van der Waals surface area contributed by atoms with E-state index >= 15 is 0 Å². The van der Waals surface area contributed by atoms with Crippen molar-refractivity contribution in [1.29, 1.82) is 0 Å². The second-order valence-electron chi connectivity index (χ2n) is 4.24. The number of carbonyl (C=O) groups is 2. The van der Waals surface area contributed by atoms with E-state index in [-0.39, 0.29) is 11.3 Å². The van der Waals surface area contributed by atoms with Crippen LogP contribution < -0.4 is 4.90 Å². The highest BCUT2D eigenvalue weighted by atomic mass is 16.5. The third-order valence-corrected chi connectivity index (χ3v) is 2.61. The zero-order valence-electron chi connectivity index (χ0n) is 11.4. The Balaban J connectivity index is 3.22. The summed E-state index contributed by atoms with van der Waals surface area (Å²) >= 11 is 0. The van der Waals surface area contributed by atoms with Crippen LogP contribution in [-0.2, 0) is 14.3 Å². The number of nitrogens with zero attached hydrogens (tertiary/aromatic N) is 1. The fourth-order valence-electron chi connectivity index (χ4n) is 1.50. The van der Waals surface area contributed by atoms with Crippen LogP contribution in [0.2, 0.25) is 0 Å². The van der Waals surface area contributed by atoms with Gasteiger partial charge >= 0.3 is 5.97 Å². The van der Waals surface area contributed by atoms with Crippen molar-refractivity contribution in [3.8, 4) is 5.75 Å². The molecule has 0 aromatic heterocycles. The topological polar surface area (TPSA) is 66.8 Å². The van der Waals surface area contributed by atoms with E-state index in [9.17, 15) is 14.7 Å². The highest BCUT2D eigenvalue weighted by Gasteiger charge is 2.15. The summed E-state index contributed by atoms with van der Waals surface area (Å²) in [6.07, 6.45) is 1.32. The number of aromatic hydroxyl groups is 1. The van der Waals surface area contributed by atoms with Crippen LogP contribution in [0, 0.1) is 0 Å². The maximum atomic E-state index is 11.4. The van der Waals surface area contributed by atoms with Crippen molar-refractivity contribution in [3.63, 3.8) is 0 Å². The highest BCUT2D eigenvalue weighted by molar-refractivity contribution is 6.19. The highest BCUT2D eigenvalue weighted by Crippen LogP contribution is 2.25. The molecular formula is C14H17NO4. The smallest absolute Gasteiger partial charge is 0.341 e. The molecule has 1 rings (SSSR count). The number of anilines is 1. The average Bonchev–Trinajstić information content (AvgIpc) is 2.35. The molecule has 0 radical (unpaired) electrons. The molecule has 5 nitrogen and oxygen atoms in total. The molecule has 0 aliphatic heterocycles. The number of esters is 1. The van der Waals surface area contributed by atoms with Crippen LogP contribution in [0.3, 0.4) is 0 Å². The van der Waals surface area contributed by atoms with Gasteiger partial charge in [-0.1, -0.05) is 0 Å². The molecule has 0 aliphatic rings. The van der Waals surface area contributed by atoms with E-state index in [1.54, 1.807) is 18.2 Å². The molecular weight excluding hydrogens is 246 g/mol. The van der Waals surface area contributed by atoms with Crippen molar-refractivity contribution in [3.05, 3.63) is 29.3 Å². The minimum Gasteiger partial charge on any atom is -0.507 e. The van der Waals surface area contributed by atoms with Gasteiger partial charge in [0.15, 0.2) is 5.78 Å². The summed E-state index contributed by atoms with van der Waals surface area (Å²) in [4.78, 5) is 24.7. The standard InChI is InChI=1S/C14H17NO4/c1-9(16)12(14(18)19-4)7-10-5-6-11(15(2)3)8-13(10)17/h5-8,17H,1-4H3/b12-7+. The number of benzene rings is 1. The van der Waals surface area contributed by atoms with E-state index in [2.05, 4.69) is 4.74 Å². The van der Waals surface area contributed by atoms with Gasteiger partial charge < -0.3 is 14.7 Å². The first-order chi connectivity index (χ1) is 8.86. The lowest BCUT2D eigenvalue weighted by Gasteiger charge is -2.13. The Morgan fingerprint density at radius 2 is 1.95 bits per heavy atom. The molecule has 0 saturated heterocycles. The Bertz CT molecular complexity index is 532. The molecule has 5 heteroatoms. The molecule has 1 aromatic rings. The molecule has 0 bridgehead atoms. The van der Waals surface area contributed by atoms with E-state index in [1.165, 1.54) is 20.1 Å². The summed E-state index contributed by atoms with van der Waals surface area (Å²) in [5.74, 6) is -1.14. The minimum atomic E-state index is -0.719. The van der Waals surface area contributed by atoms with Crippen molar-refractivity contribution >= 4 is 23.5 Å². The molecule has 0 amide bonds. The number of carbonyl (C=O) groups excluding carboxylic acids is 2.